The monoisotopic (exact) mass is 246 g/mol. The van der Waals surface area contributed by atoms with E-state index >= 15 is 0 Å². The summed E-state index contributed by atoms with van der Waals surface area (Å²) in [5, 5.41) is 16.4. The zero-order chi connectivity index (χ0) is 13.2. The fraction of sp³-hybridized carbons (Fsp3) is 0.615. The van der Waals surface area contributed by atoms with Crippen LogP contribution in [-0.2, 0) is 13.5 Å². The number of nitrogens with one attached hydrogen (secondary N) is 1. The van der Waals surface area contributed by atoms with Crippen molar-refractivity contribution in [3.63, 3.8) is 0 Å². The van der Waals surface area contributed by atoms with Crippen molar-refractivity contribution in [1.29, 1.82) is 5.26 Å². The number of carbonyl (C=O) groups excluding carboxylic acids is 1. The lowest BCUT2D eigenvalue weighted by atomic mass is 10.00. The zero-order valence-corrected chi connectivity index (χ0v) is 10.9. The van der Waals surface area contributed by atoms with Gasteiger partial charge in [-0.05, 0) is 38.2 Å². The molecule has 5 heteroatoms. The van der Waals surface area contributed by atoms with E-state index in [9.17, 15) is 10.1 Å². The number of nitrogens with zero attached hydrogens (tertiary/aromatic N) is 3. The molecule has 2 rings (SSSR count). The van der Waals surface area contributed by atoms with Crippen LogP contribution in [0.3, 0.4) is 0 Å². The van der Waals surface area contributed by atoms with E-state index in [1.54, 1.807) is 17.8 Å². The summed E-state index contributed by atoms with van der Waals surface area (Å²) in [6, 6.07) is 4.04. The first kappa shape index (κ1) is 12.6. The third-order valence-electron chi connectivity index (χ3n) is 3.55. The van der Waals surface area contributed by atoms with Crippen LogP contribution in [0.5, 0.6) is 0 Å². The fourth-order valence-electron chi connectivity index (χ4n) is 2.44. The second-order valence-corrected chi connectivity index (χ2v) is 4.85. The normalized spacial score (nSPS) is 17.4. The minimum atomic E-state index is -0.673. The number of carbonyl (C=O) groups is 1. The predicted octanol–water partition coefficient (Wildman–Crippen LogP) is 1.55. The van der Waals surface area contributed by atoms with Crippen molar-refractivity contribution >= 4 is 5.91 Å². The molecule has 0 radical (unpaired) electrons. The van der Waals surface area contributed by atoms with Crippen LogP contribution in [0.4, 0.5) is 0 Å². The molecule has 18 heavy (non-hydrogen) atoms. The number of hydrogen-bond donors (Lipinski definition) is 1. The van der Waals surface area contributed by atoms with E-state index in [0.717, 1.165) is 37.8 Å². The first-order chi connectivity index (χ1) is 8.60. The molecule has 5 nitrogen and oxygen atoms in total. The average Bonchev–Trinajstić information content (AvgIpc) is 2.96. The quantitative estimate of drug-likeness (QED) is 0.879. The van der Waals surface area contributed by atoms with Crippen molar-refractivity contribution in [1.82, 2.24) is 15.1 Å². The van der Waals surface area contributed by atoms with Gasteiger partial charge in [-0.1, -0.05) is 6.92 Å². The van der Waals surface area contributed by atoms with Gasteiger partial charge in [0.2, 0.25) is 0 Å². The number of nitriles is 1. The largest absolute Gasteiger partial charge is 0.332 e. The van der Waals surface area contributed by atoms with Crippen LogP contribution in [-0.4, -0.2) is 21.2 Å². The van der Waals surface area contributed by atoms with Crippen LogP contribution in [0, 0.1) is 11.3 Å². The molecule has 1 aromatic rings. The van der Waals surface area contributed by atoms with E-state index < -0.39 is 5.54 Å². The Kier molecular flexibility index (Phi) is 3.37. The maximum atomic E-state index is 12.2. The number of amides is 1. The maximum absolute atomic E-state index is 12.2. The highest BCUT2D eigenvalue weighted by atomic mass is 16.2. The van der Waals surface area contributed by atoms with Gasteiger partial charge in [0.15, 0.2) is 0 Å². The van der Waals surface area contributed by atoms with Gasteiger partial charge < -0.3 is 5.32 Å². The fourth-order valence-corrected chi connectivity index (χ4v) is 2.44. The third-order valence-corrected chi connectivity index (χ3v) is 3.55. The number of aromatic nitrogens is 2. The summed E-state index contributed by atoms with van der Waals surface area (Å²) in [5.74, 6) is -0.201. The van der Waals surface area contributed by atoms with Gasteiger partial charge in [0.25, 0.3) is 5.91 Å². The Hall–Kier alpha value is -1.83. The van der Waals surface area contributed by atoms with Crippen molar-refractivity contribution in [3.05, 3.63) is 17.5 Å². The SMILES string of the molecule is CCc1cc(C(=O)NC2(C#N)CCCC2)n(C)n1. The van der Waals surface area contributed by atoms with Crippen molar-refractivity contribution in [2.45, 2.75) is 44.6 Å². The Labute approximate surface area is 107 Å². The van der Waals surface area contributed by atoms with Gasteiger partial charge >= 0.3 is 0 Å². The van der Waals surface area contributed by atoms with Crippen LogP contribution < -0.4 is 5.32 Å². The van der Waals surface area contributed by atoms with E-state index in [2.05, 4.69) is 16.5 Å². The van der Waals surface area contributed by atoms with Crippen LogP contribution in [0.1, 0.15) is 48.8 Å². The molecule has 1 heterocycles. The lowest BCUT2D eigenvalue weighted by Gasteiger charge is -2.21. The summed E-state index contributed by atoms with van der Waals surface area (Å²) in [4.78, 5) is 12.2. The molecule has 0 aliphatic heterocycles. The Balaban J connectivity index is 2.16. The highest BCUT2D eigenvalue weighted by Crippen LogP contribution is 2.29. The number of rotatable bonds is 3. The molecule has 1 aliphatic carbocycles. The summed E-state index contributed by atoms with van der Waals surface area (Å²) in [6.45, 7) is 2.00. The zero-order valence-electron chi connectivity index (χ0n) is 10.9. The second kappa shape index (κ2) is 4.81. The van der Waals surface area contributed by atoms with Crippen LogP contribution in [0.25, 0.3) is 0 Å². The molecule has 1 aliphatic rings. The predicted molar refractivity (Wildman–Crippen MR) is 66.9 cm³/mol. The van der Waals surface area contributed by atoms with Crippen LogP contribution in [0.15, 0.2) is 6.07 Å². The summed E-state index contributed by atoms with van der Waals surface area (Å²) in [5.41, 5.74) is 0.738. The maximum Gasteiger partial charge on any atom is 0.270 e. The van der Waals surface area contributed by atoms with Crippen molar-refractivity contribution in [2.24, 2.45) is 7.05 Å². The molecule has 1 saturated carbocycles. The molecule has 0 saturated heterocycles. The highest BCUT2D eigenvalue weighted by Gasteiger charge is 2.36. The Bertz CT molecular complexity index is 492. The first-order valence-corrected chi connectivity index (χ1v) is 6.37. The molecule has 1 aromatic heterocycles. The summed E-state index contributed by atoms with van der Waals surface area (Å²) in [6.07, 6.45) is 4.28. The van der Waals surface area contributed by atoms with E-state index in [-0.39, 0.29) is 5.91 Å². The van der Waals surface area contributed by atoms with E-state index in [0.29, 0.717) is 5.69 Å². The summed E-state index contributed by atoms with van der Waals surface area (Å²) >= 11 is 0. The van der Waals surface area contributed by atoms with Gasteiger partial charge in [0, 0.05) is 7.05 Å². The molecule has 0 spiro atoms. The highest BCUT2D eigenvalue weighted by molar-refractivity contribution is 5.93. The lowest BCUT2D eigenvalue weighted by molar-refractivity contribution is 0.0911. The Morgan fingerprint density at radius 1 is 1.61 bits per heavy atom. The average molecular weight is 246 g/mol. The van der Waals surface area contributed by atoms with Gasteiger partial charge in [0.05, 0.1) is 11.8 Å². The molecule has 0 atom stereocenters. The second-order valence-electron chi connectivity index (χ2n) is 4.85. The molecule has 0 bridgehead atoms. The molecule has 1 fully saturated rings. The van der Waals surface area contributed by atoms with Gasteiger partial charge in [-0.25, -0.2) is 0 Å². The molecular weight excluding hydrogens is 228 g/mol. The topological polar surface area (TPSA) is 70.7 Å². The Morgan fingerprint density at radius 2 is 2.28 bits per heavy atom. The molecule has 1 amide bonds. The molecular formula is C13H18N4O. The standard InChI is InChI=1S/C13H18N4O/c1-3-10-8-11(17(2)16-10)12(18)15-13(9-14)6-4-5-7-13/h8H,3-7H2,1-2H3,(H,15,18). The van der Waals surface area contributed by atoms with Crippen molar-refractivity contribution in [3.8, 4) is 6.07 Å². The van der Waals surface area contributed by atoms with Crippen LogP contribution in [0.2, 0.25) is 0 Å². The van der Waals surface area contributed by atoms with Crippen molar-refractivity contribution < 1.29 is 4.79 Å². The van der Waals surface area contributed by atoms with Gasteiger partial charge in [-0.2, -0.15) is 10.4 Å². The van der Waals surface area contributed by atoms with Gasteiger partial charge in [0.1, 0.15) is 11.2 Å². The minimum absolute atomic E-state index is 0.201. The van der Waals surface area contributed by atoms with E-state index in [1.807, 2.05) is 6.92 Å². The van der Waals surface area contributed by atoms with Crippen LogP contribution >= 0.6 is 0 Å². The summed E-state index contributed by atoms with van der Waals surface area (Å²) in [7, 11) is 1.75. The number of hydrogen-bond acceptors (Lipinski definition) is 3. The van der Waals surface area contributed by atoms with Gasteiger partial charge in [-0.3, -0.25) is 9.48 Å². The molecule has 96 valence electrons. The Morgan fingerprint density at radius 3 is 2.78 bits per heavy atom. The van der Waals surface area contributed by atoms with Crippen molar-refractivity contribution in [2.75, 3.05) is 0 Å². The third kappa shape index (κ3) is 2.23. The first-order valence-electron chi connectivity index (χ1n) is 6.37. The molecule has 0 aromatic carbocycles. The molecule has 1 N–H and O–H groups in total. The van der Waals surface area contributed by atoms with E-state index in [1.165, 1.54) is 0 Å². The lowest BCUT2D eigenvalue weighted by Crippen LogP contribution is -2.45. The minimum Gasteiger partial charge on any atom is -0.332 e. The summed E-state index contributed by atoms with van der Waals surface area (Å²) < 4.78 is 1.58. The molecule has 0 unspecified atom stereocenters. The smallest absolute Gasteiger partial charge is 0.270 e. The van der Waals surface area contributed by atoms with Gasteiger partial charge in [-0.15, -0.1) is 0 Å². The van der Waals surface area contributed by atoms with E-state index in [4.69, 9.17) is 0 Å². The number of aryl methyl sites for hydroxylation is 2.